The van der Waals surface area contributed by atoms with Gasteiger partial charge in [-0.2, -0.15) is 4.73 Å². The Hall–Kier alpha value is -3.47. The quantitative estimate of drug-likeness (QED) is 0.325. The Bertz CT molecular complexity index is 1190. The van der Waals surface area contributed by atoms with Gasteiger partial charge < -0.3 is 15.1 Å². The number of nitrogens with zero attached hydrogens (tertiary/aromatic N) is 4. The number of aromatic nitrogens is 3. The molecule has 0 bridgehead atoms. The van der Waals surface area contributed by atoms with E-state index in [-0.39, 0.29) is 25.5 Å². The van der Waals surface area contributed by atoms with Gasteiger partial charge in [-0.05, 0) is 37.1 Å². The molecule has 35 heavy (non-hydrogen) atoms. The van der Waals surface area contributed by atoms with E-state index >= 15 is 0 Å². The van der Waals surface area contributed by atoms with Crippen LogP contribution in [0, 0.1) is 23.8 Å². The maximum atomic E-state index is 14.6. The van der Waals surface area contributed by atoms with Crippen molar-refractivity contribution in [2.45, 2.75) is 44.7 Å². The van der Waals surface area contributed by atoms with E-state index < -0.39 is 41.8 Å². The average Bonchev–Trinajstić information content (AvgIpc) is 3.11. The fraction of sp³-hybridized carbons (Fsp3) is 0.375. The molecule has 0 saturated carbocycles. The summed E-state index contributed by atoms with van der Waals surface area (Å²) in [6.45, 7) is 3.46. The second-order valence-corrected chi connectivity index (χ2v) is 8.79. The summed E-state index contributed by atoms with van der Waals surface area (Å²) in [4.78, 5) is 18.9. The van der Waals surface area contributed by atoms with Gasteiger partial charge in [0, 0.05) is 50.5 Å². The molecular formula is C24H25F4N5O2. The first kappa shape index (κ1) is 24.6. The molecule has 186 valence electrons. The normalized spacial score (nSPS) is 18.9. The van der Waals surface area contributed by atoms with Gasteiger partial charge in [0.05, 0.1) is 12.0 Å². The summed E-state index contributed by atoms with van der Waals surface area (Å²) in [6, 6.07) is 5.25. The van der Waals surface area contributed by atoms with E-state index in [2.05, 4.69) is 10.3 Å². The third-order valence-corrected chi connectivity index (χ3v) is 6.32. The van der Waals surface area contributed by atoms with Crippen molar-refractivity contribution < 1.29 is 27.1 Å². The molecule has 1 fully saturated rings. The average molecular weight is 491 g/mol. The molecule has 1 N–H and O–H groups in total. The Balaban J connectivity index is 1.43. The minimum atomic E-state index is -2.96. The van der Waals surface area contributed by atoms with Gasteiger partial charge in [0.25, 0.3) is 5.92 Å². The van der Waals surface area contributed by atoms with E-state index in [0.717, 1.165) is 6.07 Å². The highest BCUT2D eigenvalue weighted by Gasteiger charge is 2.46. The van der Waals surface area contributed by atoms with Crippen molar-refractivity contribution in [3.8, 4) is 0 Å². The molecule has 4 rings (SSSR count). The molecule has 1 saturated heterocycles. The number of pyridine rings is 1. The van der Waals surface area contributed by atoms with Crippen LogP contribution in [0.3, 0.4) is 0 Å². The Kier molecular flexibility index (Phi) is 6.79. The maximum Gasteiger partial charge on any atom is 0.257 e. The van der Waals surface area contributed by atoms with Crippen molar-refractivity contribution in [2.24, 2.45) is 0 Å². The Labute approximate surface area is 199 Å². The van der Waals surface area contributed by atoms with Crippen LogP contribution in [0.1, 0.15) is 36.2 Å². The molecule has 1 unspecified atom stereocenters. The van der Waals surface area contributed by atoms with E-state index in [1.807, 2.05) is 0 Å². The third-order valence-electron chi connectivity index (χ3n) is 6.32. The predicted molar refractivity (Wildman–Crippen MR) is 120 cm³/mol. The molecule has 1 aliphatic rings. The molecule has 0 spiro atoms. The minimum absolute atomic E-state index is 0.0328. The van der Waals surface area contributed by atoms with Crippen LogP contribution >= 0.6 is 0 Å². The molecule has 3 aromatic rings. The Morgan fingerprint density at radius 3 is 2.57 bits per heavy atom. The van der Waals surface area contributed by atoms with E-state index in [4.69, 9.17) is 0 Å². The summed E-state index contributed by atoms with van der Waals surface area (Å²) < 4.78 is 58.4. The first-order valence-corrected chi connectivity index (χ1v) is 11.1. The molecule has 1 aromatic carbocycles. The lowest BCUT2D eigenvalue weighted by Crippen LogP contribution is -2.52. The molecule has 7 nitrogen and oxygen atoms in total. The number of carbonyl (C=O) groups excluding carboxylic acids is 1. The monoisotopic (exact) mass is 491 g/mol. The summed E-state index contributed by atoms with van der Waals surface area (Å²) in [5.41, 5.74) is 0.737. The Morgan fingerprint density at radius 2 is 1.91 bits per heavy atom. The van der Waals surface area contributed by atoms with E-state index in [9.17, 15) is 27.6 Å². The molecule has 2 atom stereocenters. The number of hydrogen-bond acceptors (Lipinski definition) is 4. The lowest BCUT2D eigenvalue weighted by atomic mass is 9.87. The lowest BCUT2D eigenvalue weighted by molar-refractivity contribution is -0.605. The first-order valence-electron chi connectivity index (χ1n) is 11.1. The minimum Gasteiger partial charge on any atom is -0.619 e. The molecular weight excluding hydrogens is 466 g/mol. The van der Waals surface area contributed by atoms with Gasteiger partial charge in [-0.15, -0.1) is 0 Å². The topological polar surface area (TPSA) is 77.1 Å². The molecule has 1 amide bonds. The maximum absolute atomic E-state index is 14.6. The number of anilines is 1. The smallest absolute Gasteiger partial charge is 0.257 e. The molecule has 3 heterocycles. The highest BCUT2D eigenvalue weighted by atomic mass is 19.3. The van der Waals surface area contributed by atoms with E-state index in [1.54, 1.807) is 29.5 Å². The first-order chi connectivity index (χ1) is 16.5. The number of piperidine rings is 1. The molecule has 0 aliphatic carbocycles. The second kappa shape index (κ2) is 9.65. The number of carbonyl (C=O) groups is 1. The number of alkyl halides is 2. The van der Waals surface area contributed by atoms with Crippen molar-refractivity contribution in [3.05, 3.63) is 82.7 Å². The standard InChI is InChI=1S/C24H25F4N5O2/c1-15(31-8-5-24(27,28)21(13-31)18-3-6-33(35)7-4-18)23(34)30-22-14-32(16(2)29-22)12-17-9-19(25)11-20(26)10-17/h3-4,6-7,9-11,14-15,21H,5,8,12-13H2,1-2H3,(H,30,34)/t15?,21-/m1/s1. The van der Waals surface area contributed by atoms with Crippen LogP contribution in [-0.2, 0) is 11.3 Å². The fourth-order valence-corrected chi connectivity index (χ4v) is 4.31. The number of rotatable bonds is 6. The van der Waals surface area contributed by atoms with Crippen molar-refractivity contribution in [3.63, 3.8) is 0 Å². The van der Waals surface area contributed by atoms with Gasteiger partial charge in [-0.1, -0.05) is 0 Å². The number of benzene rings is 1. The highest BCUT2D eigenvalue weighted by Crippen LogP contribution is 2.40. The van der Waals surface area contributed by atoms with Gasteiger partial charge in [0.2, 0.25) is 5.91 Å². The number of likely N-dealkylation sites (tertiary alicyclic amines) is 1. The van der Waals surface area contributed by atoms with Crippen LogP contribution in [0.4, 0.5) is 23.4 Å². The summed E-state index contributed by atoms with van der Waals surface area (Å²) in [5.74, 6) is -5.13. The van der Waals surface area contributed by atoms with Crippen molar-refractivity contribution >= 4 is 11.7 Å². The molecule has 11 heteroatoms. The third kappa shape index (κ3) is 5.61. The summed E-state index contributed by atoms with van der Waals surface area (Å²) >= 11 is 0. The van der Waals surface area contributed by atoms with Crippen LogP contribution in [-0.4, -0.2) is 45.4 Å². The SMILES string of the molecule is Cc1nc(NC(=O)C(C)N2CCC(F)(F)[C@@H](c3cc[n+]([O-])cc3)C2)cn1Cc1cc(F)cc(F)c1. The van der Waals surface area contributed by atoms with Crippen molar-refractivity contribution in [2.75, 3.05) is 18.4 Å². The highest BCUT2D eigenvalue weighted by molar-refractivity contribution is 5.93. The van der Waals surface area contributed by atoms with Gasteiger partial charge in [-0.3, -0.25) is 9.69 Å². The van der Waals surface area contributed by atoms with E-state index in [1.165, 1.54) is 36.7 Å². The van der Waals surface area contributed by atoms with Crippen LogP contribution in [0.25, 0.3) is 0 Å². The largest absolute Gasteiger partial charge is 0.619 e. The van der Waals surface area contributed by atoms with Gasteiger partial charge >= 0.3 is 0 Å². The molecule has 1 aliphatic heterocycles. The van der Waals surface area contributed by atoms with Gasteiger partial charge in [0.1, 0.15) is 17.5 Å². The van der Waals surface area contributed by atoms with Gasteiger partial charge in [-0.25, -0.2) is 22.5 Å². The predicted octanol–water partition coefficient (Wildman–Crippen LogP) is 3.60. The Morgan fingerprint density at radius 1 is 1.26 bits per heavy atom. The summed E-state index contributed by atoms with van der Waals surface area (Å²) in [5, 5.41) is 14.0. The van der Waals surface area contributed by atoms with E-state index in [0.29, 0.717) is 21.7 Å². The zero-order valence-electron chi connectivity index (χ0n) is 19.2. The van der Waals surface area contributed by atoms with Crippen LogP contribution in [0.2, 0.25) is 0 Å². The van der Waals surface area contributed by atoms with Crippen molar-refractivity contribution in [1.29, 1.82) is 0 Å². The zero-order valence-corrected chi connectivity index (χ0v) is 19.2. The number of amides is 1. The van der Waals surface area contributed by atoms with Crippen LogP contribution in [0.5, 0.6) is 0 Å². The zero-order chi connectivity index (χ0) is 25.3. The van der Waals surface area contributed by atoms with Crippen molar-refractivity contribution in [1.82, 2.24) is 14.5 Å². The van der Waals surface area contributed by atoms with Crippen LogP contribution in [0.15, 0.2) is 48.9 Å². The number of aryl methyl sites for hydroxylation is 1. The number of nitrogens with one attached hydrogen (secondary N) is 1. The summed E-state index contributed by atoms with van der Waals surface area (Å²) in [7, 11) is 0. The fourth-order valence-electron chi connectivity index (χ4n) is 4.31. The number of halogens is 4. The number of imidazole rings is 1. The lowest BCUT2D eigenvalue weighted by Gasteiger charge is -2.40. The number of hydrogen-bond donors (Lipinski definition) is 1. The van der Waals surface area contributed by atoms with Crippen LogP contribution < -0.4 is 10.0 Å². The second-order valence-electron chi connectivity index (χ2n) is 8.79. The van der Waals surface area contributed by atoms with Gasteiger partial charge in [0.15, 0.2) is 18.2 Å². The molecule has 2 aromatic heterocycles. The summed E-state index contributed by atoms with van der Waals surface area (Å²) in [6.07, 6.45) is 3.49. The molecule has 0 radical (unpaired) electrons.